The Balaban J connectivity index is 1.87. The Morgan fingerprint density at radius 2 is 1.32 bits per heavy atom. The van der Waals surface area contributed by atoms with Gasteiger partial charge in [-0.2, -0.15) is 0 Å². The summed E-state index contributed by atoms with van der Waals surface area (Å²) < 4.78 is 0. The van der Waals surface area contributed by atoms with Crippen LogP contribution in [-0.4, -0.2) is 11.8 Å². The molecule has 0 aromatic heterocycles. The van der Waals surface area contributed by atoms with Crippen LogP contribution in [0.1, 0.15) is 34.1 Å². The number of nitrogens with two attached hydrogens (primary N) is 1. The van der Waals surface area contributed by atoms with Crippen molar-refractivity contribution in [2.75, 3.05) is 5.73 Å². The first kappa shape index (κ1) is 12.0. The van der Waals surface area contributed by atoms with Gasteiger partial charge in [-0.05, 0) is 34.4 Å². The van der Waals surface area contributed by atoms with Gasteiger partial charge >= 0.3 is 0 Å². The molecule has 4 heteroatoms. The first-order valence-corrected chi connectivity index (χ1v) is 7.49. The van der Waals surface area contributed by atoms with Gasteiger partial charge in [0.25, 0.3) is 0 Å². The molecule has 0 radical (unpaired) electrons. The van der Waals surface area contributed by atoms with Crippen LogP contribution in [0.4, 0.5) is 5.69 Å². The molecule has 4 aliphatic rings. The van der Waals surface area contributed by atoms with E-state index in [1.54, 1.807) is 0 Å². The molecule has 2 amide bonds. The number of nitrogen functional groups attached to an aromatic ring is 1. The standard InChI is InChI=1S/C18H14N2O2/c19-8-5-6-11-12(7-8)14-10-4-2-1-3-9(10)13(11)15-16(14)18(22)20-17(15)21/h1-7,13-16H,19H2,(H,20,21,22). The number of amides is 2. The molecule has 1 saturated heterocycles. The zero-order chi connectivity index (χ0) is 15.0. The Kier molecular flexibility index (Phi) is 2.05. The van der Waals surface area contributed by atoms with Crippen LogP contribution in [-0.2, 0) is 9.59 Å². The molecule has 4 atom stereocenters. The van der Waals surface area contributed by atoms with Gasteiger partial charge in [-0.15, -0.1) is 0 Å². The van der Waals surface area contributed by atoms with Gasteiger partial charge < -0.3 is 5.73 Å². The average Bonchev–Trinajstić information content (AvgIpc) is 2.82. The molecule has 1 aliphatic heterocycles. The van der Waals surface area contributed by atoms with Crippen LogP contribution in [0.3, 0.4) is 0 Å². The Hall–Kier alpha value is -2.62. The van der Waals surface area contributed by atoms with Crippen molar-refractivity contribution in [3.05, 3.63) is 64.7 Å². The molecule has 6 rings (SSSR count). The number of rotatable bonds is 0. The maximum absolute atomic E-state index is 12.4. The van der Waals surface area contributed by atoms with Crippen molar-refractivity contribution in [1.29, 1.82) is 0 Å². The van der Waals surface area contributed by atoms with Crippen LogP contribution in [0.25, 0.3) is 0 Å². The predicted molar refractivity (Wildman–Crippen MR) is 81.1 cm³/mol. The minimum Gasteiger partial charge on any atom is -0.399 e. The topological polar surface area (TPSA) is 72.2 Å². The van der Waals surface area contributed by atoms with E-state index in [-0.39, 0.29) is 35.5 Å². The lowest BCUT2D eigenvalue weighted by Gasteiger charge is -2.46. The molecule has 0 spiro atoms. The van der Waals surface area contributed by atoms with E-state index in [0.717, 1.165) is 16.7 Å². The number of anilines is 1. The lowest BCUT2D eigenvalue weighted by Crippen LogP contribution is -2.41. The second kappa shape index (κ2) is 3.77. The van der Waals surface area contributed by atoms with Crippen molar-refractivity contribution in [3.63, 3.8) is 0 Å². The first-order chi connectivity index (χ1) is 10.7. The second-order valence-electron chi connectivity index (χ2n) is 6.38. The van der Waals surface area contributed by atoms with Crippen LogP contribution in [0.15, 0.2) is 42.5 Å². The normalized spacial score (nSPS) is 30.5. The van der Waals surface area contributed by atoms with Crippen molar-refractivity contribution in [2.45, 2.75) is 11.8 Å². The average molecular weight is 290 g/mol. The monoisotopic (exact) mass is 290 g/mol. The largest absolute Gasteiger partial charge is 0.399 e. The molecule has 2 aromatic carbocycles. The van der Waals surface area contributed by atoms with Gasteiger partial charge in [0.05, 0.1) is 11.8 Å². The SMILES string of the molecule is Nc1ccc2c(c1)C1c3ccccc3C2C2C(=O)NC(=O)C12. The molecule has 0 saturated carbocycles. The van der Waals surface area contributed by atoms with Crippen LogP contribution in [0.5, 0.6) is 0 Å². The van der Waals surface area contributed by atoms with Crippen molar-refractivity contribution in [3.8, 4) is 0 Å². The highest BCUT2D eigenvalue weighted by atomic mass is 16.2. The Labute approximate surface area is 127 Å². The van der Waals surface area contributed by atoms with E-state index in [9.17, 15) is 9.59 Å². The second-order valence-corrected chi connectivity index (χ2v) is 6.38. The highest BCUT2D eigenvalue weighted by Crippen LogP contribution is 2.59. The van der Waals surface area contributed by atoms with E-state index < -0.39 is 0 Å². The van der Waals surface area contributed by atoms with Crippen molar-refractivity contribution < 1.29 is 9.59 Å². The molecule has 2 bridgehead atoms. The summed E-state index contributed by atoms with van der Waals surface area (Å²) in [7, 11) is 0. The summed E-state index contributed by atoms with van der Waals surface area (Å²) >= 11 is 0. The van der Waals surface area contributed by atoms with Gasteiger partial charge in [-0.3, -0.25) is 14.9 Å². The molecule has 4 unspecified atom stereocenters. The van der Waals surface area contributed by atoms with Gasteiger partial charge in [-0.1, -0.05) is 30.3 Å². The lowest BCUT2D eigenvalue weighted by molar-refractivity contribution is -0.126. The smallest absolute Gasteiger partial charge is 0.231 e. The lowest BCUT2D eigenvalue weighted by atomic mass is 9.55. The third-order valence-corrected chi connectivity index (χ3v) is 5.40. The number of hydrogen-bond acceptors (Lipinski definition) is 3. The van der Waals surface area contributed by atoms with Gasteiger partial charge in [-0.25, -0.2) is 0 Å². The molecule has 3 N–H and O–H groups in total. The summed E-state index contributed by atoms with van der Waals surface area (Å²) in [4.78, 5) is 24.7. The summed E-state index contributed by atoms with van der Waals surface area (Å²) in [6.45, 7) is 0. The third-order valence-electron chi connectivity index (χ3n) is 5.40. The Morgan fingerprint density at radius 1 is 0.773 bits per heavy atom. The van der Waals surface area contributed by atoms with Gasteiger partial charge in [0.1, 0.15) is 0 Å². The minimum atomic E-state index is -0.304. The highest BCUT2D eigenvalue weighted by Gasteiger charge is 2.58. The summed E-state index contributed by atoms with van der Waals surface area (Å²) in [5.74, 6) is -0.996. The number of carbonyl (C=O) groups excluding carboxylic acids is 2. The zero-order valence-corrected chi connectivity index (χ0v) is 11.7. The van der Waals surface area contributed by atoms with E-state index >= 15 is 0 Å². The maximum atomic E-state index is 12.4. The maximum Gasteiger partial charge on any atom is 0.231 e. The van der Waals surface area contributed by atoms with Crippen molar-refractivity contribution >= 4 is 17.5 Å². The molecule has 22 heavy (non-hydrogen) atoms. The summed E-state index contributed by atoms with van der Waals surface area (Å²) in [5, 5.41) is 2.53. The number of benzene rings is 2. The van der Waals surface area contributed by atoms with E-state index in [1.165, 1.54) is 5.56 Å². The van der Waals surface area contributed by atoms with E-state index in [2.05, 4.69) is 17.4 Å². The van der Waals surface area contributed by atoms with E-state index in [1.807, 2.05) is 30.3 Å². The molecular formula is C18H14N2O2. The fourth-order valence-electron chi connectivity index (χ4n) is 4.66. The number of hydrogen-bond donors (Lipinski definition) is 2. The van der Waals surface area contributed by atoms with Crippen LogP contribution >= 0.6 is 0 Å². The van der Waals surface area contributed by atoms with Crippen molar-refractivity contribution in [1.82, 2.24) is 5.32 Å². The number of carbonyl (C=O) groups is 2. The van der Waals surface area contributed by atoms with Gasteiger partial charge in [0.15, 0.2) is 0 Å². The molecule has 1 heterocycles. The molecule has 1 fully saturated rings. The van der Waals surface area contributed by atoms with E-state index in [4.69, 9.17) is 5.73 Å². The van der Waals surface area contributed by atoms with Gasteiger partial charge in [0, 0.05) is 17.5 Å². The predicted octanol–water partition coefficient (Wildman–Crippen LogP) is 1.75. The fourth-order valence-corrected chi connectivity index (χ4v) is 4.66. The number of imide groups is 1. The zero-order valence-electron chi connectivity index (χ0n) is 11.7. The summed E-state index contributed by atoms with van der Waals surface area (Å²) in [6, 6.07) is 14.0. The van der Waals surface area contributed by atoms with Crippen LogP contribution in [0.2, 0.25) is 0 Å². The third kappa shape index (κ3) is 1.24. The quantitative estimate of drug-likeness (QED) is 0.573. The Bertz CT molecular complexity index is 858. The van der Waals surface area contributed by atoms with Crippen LogP contribution in [0, 0.1) is 11.8 Å². The molecule has 108 valence electrons. The molecular weight excluding hydrogens is 276 g/mol. The highest BCUT2D eigenvalue weighted by molar-refractivity contribution is 6.07. The van der Waals surface area contributed by atoms with Crippen LogP contribution < -0.4 is 11.1 Å². The first-order valence-electron chi connectivity index (χ1n) is 7.49. The summed E-state index contributed by atoms with van der Waals surface area (Å²) in [5.41, 5.74) is 11.3. The number of nitrogens with one attached hydrogen (secondary N) is 1. The van der Waals surface area contributed by atoms with Crippen molar-refractivity contribution in [2.24, 2.45) is 11.8 Å². The van der Waals surface area contributed by atoms with E-state index in [0.29, 0.717) is 5.69 Å². The molecule has 2 aromatic rings. The fraction of sp³-hybridized carbons (Fsp3) is 0.222. The Morgan fingerprint density at radius 3 is 1.95 bits per heavy atom. The molecule has 4 nitrogen and oxygen atoms in total. The summed E-state index contributed by atoms with van der Waals surface area (Å²) in [6.07, 6.45) is 0. The minimum absolute atomic E-state index is 0.0479. The van der Waals surface area contributed by atoms with Gasteiger partial charge in [0.2, 0.25) is 11.8 Å². The molecule has 3 aliphatic carbocycles.